The number of anilines is 1. The largest absolute Gasteiger partial charge is 0.382 e. The lowest BCUT2D eigenvalue weighted by Gasteiger charge is -2.16. The summed E-state index contributed by atoms with van der Waals surface area (Å²) in [4.78, 5) is 9.96. The highest BCUT2D eigenvalue weighted by Gasteiger charge is 2.22. The smallest absolute Gasteiger partial charge is 0.295 e. The molecular formula is C11H14F2N2O4. The lowest BCUT2D eigenvalue weighted by Crippen LogP contribution is -2.27. The monoisotopic (exact) mass is 276 g/mol. The first-order valence-corrected chi connectivity index (χ1v) is 5.39. The zero-order chi connectivity index (χ0) is 14.4. The predicted octanol–water partition coefficient (Wildman–Crippen LogP) is 1.95. The Labute approximate surface area is 108 Å². The van der Waals surface area contributed by atoms with E-state index in [9.17, 15) is 18.9 Å². The number of nitro benzene ring substituents is 1. The van der Waals surface area contributed by atoms with Gasteiger partial charge in [0.2, 0.25) is 0 Å². The van der Waals surface area contributed by atoms with E-state index in [0.717, 1.165) is 6.07 Å². The van der Waals surface area contributed by atoms with E-state index in [2.05, 4.69) is 5.32 Å². The van der Waals surface area contributed by atoms with Crippen molar-refractivity contribution in [3.63, 3.8) is 0 Å². The summed E-state index contributed by atoms with van der Waals surface area (Å²) in [5.74, 6) is -2.45. The maximum Gasteiger partial charge on any atom is 0.295 e. The Kier molecular flexibility index (Phi) is 5.58. The topological polar surface area (TPSA) is 73.6 Å². The maximum absolute atomic E-state index is 13.5. The van der Waals surface area contributed by atoms with Gasteiger partial charge in [-0.25, -0.2) is 8.78 Å². The molecule has 0 aliphatic heterocycles. The molecule has 0 amide bonds. The van der Waals surface area contributed by atoms with Crippen LogP contribution in [-0.4, -0.2) is 38.4 Å². The first kappa shape index (κ1) is 15.3. The van der Waals surface area contributed by atoms with Gasteiger partial charge in [0.05, 0.1) is 17.6 Å². The molecule has 0 aliphatic carbocycles. The van der Waals surface area contributed by atoms with Crippen LogP contribution in [0.25, 0.3) is 0 Å². The number of hydrogen-bond donors (Lipinski definition) is 1. The van der Waals surface area contributed by atoms with Crippen LogP contribution in [-0.2, 0) is 9.47 Å². The summed E-state index contributed by atoms with van der Waals surface area (Å²) in [5.41, 5.74) is -1.03. The van der Waals surface area contributed by atoms with Gasteiger partial charge in [-0.2, -0.15) is 0 Å². The van der Waals surface area contributed by atoms with Gasteiger partial charge < -0.3 is 14.8 Å². The zero-order valence-electron chi connectivity index (χ0n) is 10.5. The molecule has 1 rings (SSSR count). The van der Waals surface area contributed by atoms with Crippen LogP contribution < -0.4 is 5.32 Å². The Hall–Kier alpha value is -1.80. The number of halogens is 2. The van der Waals surface area contributed by atoms with E-state index in [1.165, 1.54) is 14.2 Å². The van der Waals surface area contributed by atoms with Crippen LogP contribution in [0.3, 0.4) is 0 Å². The molecule has 1 N–H and O–H groups in total. The fraction of sp³-hybridized carbons (Fsp3) is 0.455. The highest BCUT2D eigenvalue weighted by atomic mass is 19.2. The highest BCUT2D eigenvalue weighted by Crippen LogP contribution is 2.28. The molecule has 6 nitrogen and oxygen atoms in total. The minimum absolute atomic E-state index is 0.0472. The molecule has 0 aromatic heterocycles. The van der Waals surface area contributed by atoms with Crippen LogP contribution in [0.5, 0.6) is 0 Å². The van der Waals surface area contributed by atoms with Gasteiger partial charge in [0.15, 0.2) is 17.3 Å². The molecule has 0 bridgehead atoms. The third-order valence-electron chi connectivity index (χ3n) is 2.46. The summed E-state index contributed by atoms with van der Waals surface area (Å²) in [5, 5.41) is 13.2. The van der Waals surface area contributed by atoms with Crippen molar-refractivity contribution in [2.75, 3.05) is 32.7 Å². The first-order valence-electron chi connectivity index (χ1n) is 5.39. The van der Waals surface area contributed by atoms with Gasteiger partial charge in [0, 0.05) is 26.8 Å². The van der Waals surface area contributed by atoms with Crippen molar-refractivity contribution in [1.29, 1.82) is 0 Å². The number of hydrogen-bond acceptors (Lipinski definition) is 5. The number of methoxy groups -OCH3 is 2. The molecule has 1 atom stereocenters. The summed E-state index contributed by atoms with van der Waals surface area (Å²) in [6.45, 7) is 0.264. The third kappa shape index (κ3) is 3.83. The lowest BCUT2D eigenvalue weighted by molar-refractivity contribution is -0.384. The van der Waals surface area contributed by atoms with Gasteiger partial charge in [0.1, 0.15) is 0 Å². The van der Waals surface area contributed by atoms with E-state index in [-0.39, 0.29) is 13.2 Å². The number of ether oxygens (including phenoxy) is 2. The number of rotatable bonds is 7. The summed E-state index contributed by atoms with van der Waals surface area (Å²) in [7, 11) is 2.87. The molecule has 0 saturated heterocycles. The minimum Gasteiger partial charge on any atom is -0.382 e. The molecule has 8 heteroatoms. The van der Waals surface area contributed by atoms with E-state index in [0.29, 0.717) is 6.07 Å². The van der Waals surface area contributed by atoms with Gasteiger partial charge >= 0.3 is 0 Å². The average molecular weight is 276 g/mol. The summed E-state index contributed by atoms with van der Waals surface area (Å²) >= 11 is 0. The van der Waals surface area contributed by atoms with Crippen LogP contribution in [0, 0.1) is 21.7 Å². The van der Waals surface area contributed by atoms with E-state index in [1.54, 1.807) is 0 Å². The standard InChI is InChI=1S/C11H14F2N2O4/c1-18-6-7(19-2)5-14-11-9(15(16)17)4-3-8(12)10(11)13/h3-4,7,14H,5-6H2,1-2H3. The van der Waals surface area contributed by atoms with Crippen LogP contribution in [0.1, 0.15) is 0 Å². The molecule has 19 heavy (non-hydrogen) atoms. The van der Waals surface area contributed by atoms with Crippen molar-refractivity contribution in [1.82, 2.24) is 0 Å². The number of nitrogens with zero attached hydrogens (tertiary/aromatic N) is 1. The lowest BCUT2D eigenvalue weighted by atomic mass is 10.2. The Morgan fingerprint density at radius 3 is 2.63 bits per heavy atom. The van der Waals surface area contributed by atoms with Crippen molar-refractivity contribution in [3.8, 4) is 0 Å². The number of benzene rings is 1. The second-order valence-corrected chi connectivity index (χ2v) is 3.71. The van der Waals surface area contributed by atoms with Gasteiger partial charge in [-0.15, -0.1) is 0 Å². The third-order valence-corrected chi connectivity index (χ3v) is 2.46. The molecule has 0 aliphatic rings. The van der Waals surface area contributed by atoms with Gasteiger partial charge in [-0.1, -0.05) is 0 Å². The van der Waals surface area contributed by atoms with Gasteiger partial charge in [-0.3, -0.25) is 10.1 Å². The predicted molar refractivity (Wildman–Crippen MR) is 64.2 cm³/mol. The average Bonchev–Trinajstić information content (AvgIpc) is 2.38. The zero-order valence-corrected chi connectivity index (χ0v) is 10.5. The summed E-state index contributed by atoms with van der Waals surface area (Å²) in [6.07, 6.45) is -0.438. The van der Waals surface area contributed by atoms with Crippen molar-refractivity contribution in [2.24, 2.45) is 0 Å². The van der Waals surface area contributed by atoms with Crippen molar-refractivity contribution >= 4 is 11.4 Å². The molecular weight excluding hydrogens is 262 g/mol. The van der Waals surface area contributed by atoms with Crippen LogP contribution in [0.4, 0.5) is 20.2 Å². The minimum atomic E-state index is -1.29. The van der Waals surface area contributed by atoms with Crippen molar-refractivity contribution in [2.45, 2.75) is 6.10 Å². The quantitative estimate of drug-likeness (QED) is 0.608. The van der Waals surface area contributed by atoms with Crippen LogP contribution in [0.15, 0.2) is 12.1 Å². The van der Waals surface area contributed by atoms with E-state index >= 15 is 0 Å². The van der Waals surface area contributed by atoms with Crippen LogP contribution >= 0.6 is 0 Å². The summed E-state index contributed by atoms with van der Waals surface area (Å²) < 4.78 is 36.5. The van der Waals surface area contributed by atoms with E-state index in [4.69, 9.17) is 9.47 Å². The second kappa shape index (κ2) is 6.95. The molecule has 0 radical (unpaired) electrons. The second-order valence-electron chi connectivity index (χ2n) is 3.71. The fourth-order valence-corrected chi connectivity index (χ4v) is 1.47. The van der Waals surface area contributed by atoms with Gasteiger partial charge in [0.25, 0.3) is 5.69 Å². The molecule has 1 aromatic rings. The molecule has 106 valence electrons. The Morgan fingerprint density at radius 1 is 1.42 bits per heavy atom. The van der Waals surface area contributed by atoms with Crippen molar-refractivity contribution in [3.05, 3.63) is 33.9 Å². The van der Waals surface area contributed by atoms with E-state index < -0.39 is 34.0 Å². The van der Waals surface area contributed by atoms with Crippen LogP contribution in [0.2, 0.25) is 0 Å². The normalized spacial score (nSPS) is 12.2. The number of nitro groups is 1. The highest BCUT2D eigenvalue weighted by molar-refractivity contribution is 5.62. The maximum atomic E-state index is 13.5. The molecule has 0 heterocycles. The Morgan fingerprint density at radius 2 is 2.11 bits per heavy atom. The molecule has 0 saturated carbocycles. The Balaban J connectivity index is 2.92. The van der Waals surface area contributed by atoms with E-state index in [1.807, 2.05) is 0 Å². The molecule has 0 spiro atoms. The summed E-state index contributed by atoms with van der Waals surface area (Å²) in [6, 6.07) is 1.61. The van der Waals surface area contributed by atoms with Crippen molar-refractivity contribution < 1.29 is 23.2 Å². The first-order chi connectivity index (χ1) is 9.01. The fourth-order valence-electron chi connectivity index (χ4n) is 1.47. The Bertz CT molecular complexity index is 457. The molecule has 0 fully saturated rings. The SMILES string of the molecule is COCC(CNc1c([N+](=O)[O-])ccc(F)c1F)OC. The van der Waals surface area contributed by atoms with Gasteiger partial charge in [-0.05, 0) is 6.07 Å². The molecule has 1 unspecified atom stereocenters. The number of nitrogens with one attached hydrogen (secondary N) is 1. The molecule has 1 aromatic carbocycles.